The van der Waals surface area contributed by atoms with Gasteiger partial charge in [0, 0.05) is 16.3 Å². The van der Waals surface area contributed by atoms with Crippen molar-refractivity contribution in [3.05, 3.63) is 64.2 Å². The predicted octanol–water partition coefficient (Wildman–Crippen LogP) is 4.21. The van der Waals surface area contributed by atoms with Gasteiger partial charge in [-0.2, -0.15) is 0 Å². The Balaban J connectivity index is 2.24. The molecule has 1 N–H and O–H groups in total. The first-order valence-corrected chi connectivity index (χ1v) is 6.09. The number of benzene rings is 2. The molecule has 0 aliphatic rings. The maximum absolute atomic E-state index is 12.1. The Labute approximate surface area is 112 Å². The largest absolute Gasteiger partial charge is 0.322 e. The van der Waals surface area contributed by atoms with Crippen molar-refractivity contribution < 1.29 is 4.79 Å². The van der Waals surface area contributed by atoms with Crippen molar-refractivity contribution in [1.29, 1.82) is 0 Å². The monoisotopic (exact) mass is 259 g/mol. The highest BCUT2D eigenvalue weighted by molar-refractivity contribution is 6.30. The van der Waals surface area contributed by atoms with E-state index < -0.39 is 0 Å². The van der Waals surface area contributed by atoms with E-state index in [4.69, 9.17) is 11.6 Å². The van der Waals surface area contributed by atoms with E-state index in [-0.39, 0.29) is 5.91 Å². The number of anilines is 1. The van der Waals surface area contributed by atoms with Crippen LogP contribution in [0.1, 0.15) is 21.5 Å². The number of aryl methyl sites for hydroxylation is 2. The zero-order chi connectivity index (χ0) is 13.1. The lowest BCUT2D eigenvalue weighted by Crippen LogP contribution is -2.13. The Morgan fingerprint density at radius 1 is 1.00 bits per heavy atom. The van der Waals surface area contributed by atoms with Gasteiger partial charge in [-0.25, -0.2) is 0 Å². The zero-order valence-corrected chi connectivity index (χ0v) is 11.1. The molecule has 18 heavy (non-hydrogen) atoms. The molecule has 0 fully saturated rings. The third kappa shape index (κ3) is 2.71. The zero-order valence-electron chi connectivity index (χ0n) is 10.3. The fourth-order valence-electron chi connectivity index (χ4n) is 1.80. The van der Waals surface area contributed by atoms with Gasteiger partial charge in [-0.1, -0.05) is 29.8 Å². The number of hydrogen-bond acceptors (Lipinski definition) is 1. The van der Waals surface area contributed by atoms with E-state index in [1.807, 2.05) is 32.0 Å². The van der Waals surface area contributed by atoms with Gasteiger partial charge in [0.1, 0.15) is 0 Å². The molecule has 92 valence electrons. The quantitative estimate of drug-likeness (QED) is 0.860. The number of rotatable bonds is 2. The van der Waals surface area contributed by atoms with E-state index in [2.05, 4.69) is 5.32 Å². The minimum Gasteiger partial charge on any atom is -0.322 e. The van der Waals surface area contributed by atoms with Crippen molar-refractivity contribution in [2.75, 3.05) is 5.32 Å². The van der Waals surface area contributed by atoms with E-state index in [0.717, 1.165) is 16.8 Å². The van der Waals surface area contributed by atoms with Crippen molar-refractivity contribution >= 4 is 23.2 Å². The van der Waals surface area contributed by atoms with Crippen LogP contribution in [0.2, 0.25) is 5.02 Å². The Morgan fingerprint density at radius 2 is 1.56 bits per heavy atom. The molecule has 2 aromatic rings. The summed E-state index contributed by atoms with van der Waals surface area (Å²) < 4.78 is 0. The molecule has 2 rings (SSSR count). The van der Waals surface area contributed by atoms with Crippen LogP contribution in [-0.2, 0) is 0 Å². The van der Waals surface area contributed by atoms with Gasteiger partial charge in [0.05, 0.1) is 0 Å². The Kier molecular flexibility index (Phi) is 3.68. The molecule has 2 nitrogen and oxygen atoms in total. The molecule has 0 unspecified atom stereocenters. The molecule has 2 aromatic carbocycles. The van der Waals surface area contributed by atoms with Crippen LogP contribution >= 0.6 is 11.6 Å². The lowest BCUT2D eigenvalue weighted by molar-refractivity contribution is 0.102. The average molecular weight is 260 g/mol. The molecule has 0 atom stereocenters. The number of nitrogens with one attached hydrogen (secondary N) is 1. The maximum atomic E-state index is 12.1. The third-order valence-electron chi connectivity index (χ3n) is 2.83. The maximum Gasteiger partial charge on any atom is 0.255 e. The molecule has 0 bridgehead atoms. The summed E-state index contributed by atoms with van der Waals surface area (Å²) in [6.45, 7) is 3.95. The molecule has 0 aliphatic carbocycles. The number of halogens is 1. The summed E-state index contributed by atoms with van der Waals surface area (Å²) in [5.74, 6) is -0.121. The molecule has 0 saturated carbocycles. The molecule has 0 radical (unpaired) electrons. The van der Waals surface area contributed by atoms with Gasteiger partial charge in [-0.15, -0.1) is 0 Å². The lowest BCUT2D eigenvalue weighted by atomic mass is 10.1. The number of carbonyl (C=O) groups excluding carboxylic acids is 1. The first kappa shape index (κ1) is 12.7. The molecule has 0 heterocycles. The minimum atomic E-state index is -0.121. The molecule has 1 amide bonds. The standard InChI is InChI=1S/C15H14ClNO/c1-10-4-3-5-11(2)14(10)17-15(18)12-6-8-13(16)9-7-12/h3-9H,1-2H3,(H,17,18). The van der Waals surface area contributed by atoms with Crippen LogP contribution < -0.4 is 5.32 Å². The number of amides is 1. The van der Waals surface area contributed by atoms with Crippen molar-refractivity contribution in [1.82, 2.24) is 0 Å². The van der Waals surface area contributed by atoms with Crippen molar-refractivity contribution in [2.24, 2.45) is 0 Å². The van der Waals surface area contributed by atoms with Gasteiger partial charge >= 0.3 is 0 Å². The van der Waals surface area contributed by atoms with Gasteiger partial charge in [0.2, 0.25) is 0 Å². The summed E-state index contributed by atoms with van der Waals surface area (Å²) in [6.07, 6.45) is 0. The van der Waals surface area contributed by atoms with Gasteiger partial charge in [0.15, 0.2) is 0 Å². The second-order valence-corrected chi connectivity index (χ2v) is 4.66. The molecule has 0 saturated heterocycles. The minimum absolute atomic E-state index is 0.121. The molecular formula is C15H14ClNO. The second-order valence-electron chi connectivity index (χ2n) is 4.23. The molecular weight excluding hydrogens is 246 g/mol. The fourth-order valence-corrected chi connectivity index (χ4v) is 1.92. The highest BCUT2D eigenvalue weighted by atomic mass is 35.5. The average Bonchev–Trinajstić information content (AvgIpc) is 2.34. The third-order valence-corrected chi connectivity index (χ3v) is 3.08. The van der Waals surface area contributed by atoms with E-state index >= 15 is 0 Å². The normalized spacial score (nSPS) is 10.2. The van der Waals surface area contributed by atoms with Crippen molar-refractivity contribution in [2.45, 2.75) is 13.8 Å². The number of carbonyl (C=O) groups is 1. The highest BCUT2D eigenvalue weighted by Crippen LogP contribution is 2.20. The van der Waals surface area contributed by atoms with E-state index in [9.17, 15) is 4.79 Å². The first-order valence-electron chi connectivity index (χ1n) is 5.71. The summed E-state index contributed by atoms with van der Waals surface area (Å²) in [5, 5.41) is 3.56. The molecule has 0 aromatic heterocycles. The SMILES string of the molecule is Cc1cccc(C)c1NC(=O)c1ccc(Cl)cc1. The van der Waals surface area contributed by atoms with Crippen LogP contribution in [0.4, 0.5) is 5.69 Å². The Bertz CT molecular complexity index is 555. The molecule has 3 heteroatoms. The first-order chi connectivity index (χ1) is 8.58. The van der Waals surface area contributed by atoms with Gasteiger partial charge in [-0.3, -0.25) is 4.79 Å². The number of para-hydroxylation sites is 1. The van der Waals surface area contributed by atoms with Crippen LogP contribution in [0.25, 0.3) is 0 Å². The van der Waals surface area contributed by atoms with Gasteiger partial charge < -0.3 is 5.32 Å². The summed E-state index contributed by atoms with van der Waals surface area (Å²) in [6, 6.07) is 12.8. The van der Waals surface area contributed by atoms with E-state index in [1.54, 1.807) is 24.3 Å². The number of hydrogen-bond donors (Lipinski definition) is 1. The smallest absolute Gasteiger partial charge is 0.255 e. The lowest BCUT2D eigenvalue weighted by Gasteiger charge is -2.11. The van der Waals surface area contributed by atoms with Crippen LogP contribution in [0.15, 0.2) is 42.5 Å². The summed E-state index contributed by atoms with van der Waals surface area (Å²) in [4.78, 5) is 12.1. The van der Waals surface area contributed by atoms with Crippen LogP contribution in [0.3, 0.4) is 0 Å². The second kappa shape index (κ2) is 5.23. The van der Waals surface area contributed by atoms with E-state index in [1.165, 1.54) is 0 Å². The van der Waals surface area contributed by atoms with Crippen LogP contribution in [-0.4, -0.2) is 5.91 Å². The Morgan fingerprint density at radius 3 is 2.11 bits per heavy atom. The van der Waals surface area contributed by atoms with Crippen LogP contribution in [0, 0.1) is 13.8 Å². The summed E-state index contributed by atoms with van der Waals surface area (Å²) in [5.41, 5.74) is 3.58. The molecule has 0 spiro atoms. The van der Waals surface area contributed by atoms with Crippen molar-refractivity contribution in [3.63, 3.8) is 0 Å². The highest BCUT2D eigenvalue weighted by Gasteiger charge is 2.09. The van der Waals surface area contributed by atoms with Gasteiger partial charge in [-0.05, 0) is 49.2 Å². The predicted molar refractivity (Wildman–Crippen MR) is 75.3 cm³/mol. The molecule has 0 aliphatic heterocycles. The Hall–Kier alpha value is -1.80. The van der Waals surface area contributed by atoms with Crippen molar-refractivity contribution in [3.8, 4) is 0 Å². The van der Waals surface area contributed by atoms with Crippen LogP contribution in [0.5, 0.6) is 0 Å². The fraction of sp³-hybridized carbons (Fsp3) is 0.133. The topological polar surface area (TPSA) is 29.1 Å². The van der Waals surface area contributed by atoms with E-state index in [0.29, 0.717) is 10.6 Å². The van der Waals surface area contributed by atoms with Gasteiger partial charge in [0.25, 0.3) is 5.91 Å². The summed E-state index contributed by atoms with van der Waals surface area (Å²) in [7, 11) is 0. The summed E-state index contributed by atoms with van der Waals surface area (Å²) >= 11 is 5.80.